The molecule has 21 heavy (non-hydrogen) atoms. The van der Waals surface area contributed by atoms with Gasteiger partial charge in [0, 0.05) is 13.0 Å². The van der Waals surface area contributed by atoms with Crippen LogP contribution in [0.15, 0.2) is 12.2 Å². The zero-order valence-electron chi connectivity index (χ0n) is 12.8. The number of carbonyl (C=O) groups excluding carboxylic acids is 2. The highest BCUT2D eigenvalue weighted by atomic mass is 16.6. The van der Waals surface area contributed by atoms with Crippen LogP contribution in [0.2, 0.25) is 0 Å². The number of alkyl carbamates (subject to hydrolysis) is 1. The Morgan fingerprint density at radius 1 is 1.33 bits per heavy atom. The van der Waals surface area contributed by atoms with E-state index in [1.54, 1.807) is 33.8 Å². The normalized spacial score (nSPS) is 22.4. The molecule has 0 aromatic carbocycles. The molecule has 2 amide bonds. The van der Waals surface area contributed by atoms with Gasteiger partial charge in [-0.1, -0.05) is 6.08 Å². The molecular formula is C14H22N2O5. The molecular weight excluding hydrogens is 276 g/mol. The van der Waals surface area contributed by atoms with Gasteiger partial charge in [-0.25, -0.2) is 9.59 Å². The maximum atomic E-state index is 11.8. The van der Waals surface area contributed by atoms with Crippen molar-refractivity contribution in [3.63, 3.8) is 0 Å². The van der Waals surface area contributed by atoms with E-state index in [0.29, 0.717) is 0 Å². The molecule has 0 bridgehead atoms. The second-order valence-electron chi connectivity index (χ2n) is 6.02. The van der Waals surface area contributed by atoms with Gasteiger partial charge in [-0.05, 0) is 33.8 Å². The van der Waals surface area contributed by atoms with Crippen molar-refractivity contribution in [2.24, 2.45) is 0 Å². The number of hydrogen-bond donors (Lipinski definition) is 2. The quantitative estimate of drug-likeness (QED) is 0.762. The number of carboxylic acid groups (broad SMARTS) is 1. The maximum Gasteiger partial charge on any atom is 0.408 e. The second-order valence-corrected chi connectivity index (χ2v) is 6.02. The number of ether oxygens (including phenoxy) is 1. The molecule has 1 aliphatic rings. The van der Waals surface area contributed by atoms with E-state index in [-0.39, 0.29) is 25.4 Å². The average molecular weight is 298 g/mol. The summed E-state index contributed by atoms with van der Waals surface area (Å²) < 4.78 is 5.09. The molecule has 7 heteroatoms. The van der Waals surface area contributed by atoms with Gasteiger partial charge in [0.1, 0.15) is 5.60 Å². The summed E-state index contributed by atoms with van der Waals surface area (Å²) in [6.07, 6.45) is 2.30. The molecule has 0 aliphatic carbocycles. The Hall–Kier alpha value is -2.05. The van der Waals surface area contributed by atoms with Crippen molar-refractivity contribution in [2.75, 3.05) is 13.1 Å². The van der Waals surface area contributed by atoms with Gasteiger partial charge in [-0.2, -0.15) is 0 Å². The van der Waals surface area contributed by atoms with Crippen molar-refractivity contribution in [1.82, 2.24) is 10.2 Å². The van der Waals surface area contributed by atoms with E-state index in [9.17, 15) is 19.5 Å². The Labute approximate surface area is 123 Å². The first-order chi connectivity index (χ1) is 9.59. The van der Waals surface area contributed by atoms with Crippen LogP contribution in [0.5, 0.6) is 0 Å². The van der Waals surface area contributed by atoms with E-state index in [4.69, 9.17) is 4.74 Å². The highest BCUT2D eigenvalue weighted by Gasteiger charge is 2.48. The largest absolute Gasteiger partial charge is 0.479 e. The van der Waals surface area contributed by atoms with Crippen LogP contribution < -0.4 is 5.32 Å². The minimum absolute atomic E-state index is 0.0786. The fraction of sp³-hybridized carbons (Fsp3) is 0.643. The number of likely N-dealkylation sites (tertiary alicyclic amines) is 1. The summed E-state index contributed by atoms with van der Waals surface area (Å²) >= 11 is 0. The topological polar surface area (TPSA) is 95.9 Å². The second kappa shape index (κ2) is 6.15. The third-order valence-electron chi connectivity index (χ3n) is 3.04. The number of amides is 2. The summed E-state index contributed by atoms with van der Waals surface area (Å²) in [4.78, 5) is 36.5. The first-order valence-electron chi connectivity index (χ1n) is 6.76. The van der Waals surface area contributed by atoms with Crippen LogP contribution in [0.1, 0.15) is 34.1 Å². The summed E-state index contributed by atoms with van der Waals surface area (Å²) in [6, 6.07) is 0. The number of nitrogens with one attached hydrogen (secondary N) is 1. The molecule has 1 aliphatic heterocycles. The molecule has 1 rings (SSSR count). The van der Waals surface area contributed by atoms with Crippen LogP contribution >= 0.6 is 0 Å². The molecule has 2 N–H and O–H groups in total. The molecule has 1 unspecified atom stereocenters. The van der Waals surface area contributed by atoms with E-state index in [0.717, 1.165) is 0 Å². The van der Waals surface area contributed by atoms with E-state index in [2.05, 4.69) is 5.32 Å². The van der Waals surface area contributed by atoms with E-state index < -0.39 is 23.2 Å². The molecule has 0 spiro atoms. The smallest absolute Gasteiger partial charge is 0.408 e. The Morgan fingerprint density at radius 2 is 1.95 bits per heavy atom. The summed E-state index contributed by atoms with van der Waals surface area (Å²) in [6.45, 7) is 6.97. The van der Waals surface area contributed by atoms with E-state index in [1.165, 1.54) is 11.0 Å². The lowest BCUT2D eigenvalue weighted by Gasteiger charge is -2.28. The number of rotatable bonds is 3. The van der Waals surface area contributed by atoms with Crippen molar-refractivity contribution >= 4 is 18.0 Å². The molecule has 1 heterocycles. The molecule has 0 aromatic rings. The molecule has 1 saturated heterocycles. The average Bonchev–Trinajstić information content (AvgIpc) is 2.72. The predicted molar refractivity (Wildman–Crippen MR) is 75.7 cm³/mol. The van der Waals surface area contributed by atoms with Crippen LogP contribution in [-0.2, 0) is 14.3 Å². The van der Waals surface area contributed by atoms with Gasteiger partial charge in [-0.3, -0.25) is 4.79 Å². The van der Waals surface area contributed by atoms with E-state index in [1.807, 2.05) is 0 Å². The zero-order valence-corrected chi connectivity index (χ0v) is 12.8. The summed E-state index contributed by atoms with van der Waals surface area (Å²) in [5, 5.41) is 11.8. The Bertz CT molecular complexity index is 466. The van der Waals surface area contributed by atoms with Gasteiger partial charge in [0.2, 0.25) is 5.91 Å². The number of carbonyl (C=O) groups is 3. The SMILES string of the molecule is C/C=C/C(=O)N1CCC(NC(=O)OC(C)(C)C)(C(=O)O)C1. The first kappa shape index (κ1) is 17.0. The first-order valence-corrected chi connectivity index (χ1v) is 6.76. The Balaban J connectivity index is 2.81. The van der Waals surface area contributed by atoms with Gasteiger partial charge in [0.15, 0.2) is 5.54 Å². The highest BCUT2D eigenvalue weighted by Crippen LogP contribution is 2.23. The predicted octanol–water partition coefficient (Wildman–Crippen LogP) is 1.14. The zero-order chi connectivity index (χ0) is 16.3. The van der Waals surface area contributed by atoms with Crippen LogP contribution in [0.3, 0.4) is 0 Å². The monoisotopic (exact) mass is 298 g/mol. The van der Waals surface area contributed by atoms with Gasteiger partial charge in [0.25, 0.3) is 0 Å². The third-order valence-corrected chi connectivity index (χ3v) is 3.04. The Morgan fingerprint density at radius 3 is 2.43 bits per heavy atom. The van der Waals surface area contributed by atoms with Crippen LogP contribution in [0, 0.1) is 0 Å². The molecule has 0 saturated carbocycles. The number of allylic oxidation sites excluding steroid dienone is 1. The molecule has 7 nitrogen and oxygen atoms in total. The van der Waals surface area contributed by atoms with Gasteiger partial charge >= 0.3 is 12.1 Å². The summed E-state index contributed by atoms with van der Waals surface area (Å²) in [5.41, 5.74) is -2.22. The fourth-order valence-electron chi connectivity index (χ4n) is 2.07. The van der Waals surface area contributed by atoms with Crippen LogP contribution in [0.25, 0.3) is 0 Å². The molecule has 1 fully saturated rings. The van der Waals surface area contributed by atoms with Crippen LogP contribution in [0.4, 0.5) is 4.79 Å². The molecule has 0 aromatic heterocycles. The summed E-state index contributed by atoms with van der Waals surface area (Å²) in [5.74, 6) is -1.45. The molecule has 1 atom stereocenters. The number of aliphatic carboxylic acids is 1. The van der Waals surface area contributed by atoms with Crippen molar-refractivity contribution in [3.8, 4) is 0 Å². The van der Waals surface area contributed by atoms with Crippen molar-refractivity contribution in [2.45, 2.75) is 45.3 Å². The molecule has 0 radical (unpaired) electrons. The minimum atomic E-state index is -1.50. The minimum Gasteiger partial charge on any atom is -0.479 e. The van der Waals surface area contributed by atoms with Crippen molar-refractivity contribution in [1.29, 1.82) is 0 Å². The lowest BCUT2D eigenvalue weighted by Crippen LogP contribution is -2.57. The number of carboxylic acids is 1. The lowest BCUT2D eigenvalue weighted by molar-refractivity contribution is -0.144. The number of nitrogens with zero attached hydrogens (tertiary/aromatic N) is 1. The molecule has 118 valence electrons. The number of hydrogen-bond acceptors (Lipinski definition) is 4. The van der Waals surface area contributed by atoms with Crippen LogP contribution in [-0.4, -0.2) is 52.2 Å². The van der Waals surface area contributed by atoms with E-state index >= 15 is 0 Å². The van der Waals surface area contributed by atoms with Crippen molar-refractivity contribution in [3.05, 3.63) is 12.2 Å². The third kappa shape index (κ3) is 4.47. The van der Waals surface area contributed by atoms with Gasteiger partial charge < -0.3 is 20.1 Å². The standard InChI is InChI=1S/C14H22N2O5/c1-5-6-10(17)16-8-7-14(9-16,11(18)19)15-12(20)21-13(2,3)4/h5-6H,7-9H2,1-4H3,(H,15,20)(H,18,19)/b6-5+. The Kier molecular flexibility index (Phi) is 4.98. The highest BCUT2D eigenvalue weighted by molar-refractivity contribution is 5.91. The lowest BCUT2D eigenvalue weighted by atomic mass is 9.99. The fourth-order valence-corrected chi connectivity index (χ4v) is 2.07. The summed E-state index contributed by atoms with van der Waals surface area (Å²) in [7, 11) is 0. The van der Waals surface area contributed by atoms with Gasteiger partial charge in [0.05, 0.1) is 6.54 Å². The van der Waals surface area contributed by atoms with Crippen molar-refractivity contribution < 1.29 is 24.2 Å². The van der Waals surface area contributed by atoms with Gasteiger partial charge in [-0.15, -0.1) is 0 Å². The maximum absolute atomic E-state index is 11.8.